The zero-order chi connectivity index (χ0) is 13.9. The number of nitrogens with zero attached hydrogens (tertiary/aromatic N) is 1. The normalized spacial score (nSPS) is 15.6. The molecule has 0 saturated heterocycles. The van der Waals surface area contributed by atoms with Crippen molar-refractivity contribution in [2.45, 2.75) is 45.9 Å². The van der Waals surface area contributed by atoms with E-state index in [0.29, 0.717) is 6.54 Å². The first-order valence-corrected chi connectivity index (χ1v) is 7.41. The van der Waals surface area contributed by atoms with Gasteiger partial charge in [-0.3, -0.25) is 10.9 Å². The van der Waals surface area contributed by atoms with Gasteiger partial charge < -0.3 is 0 Å². The fourth-order valence-electron chi connectivity index (χ4n) is 1.43. The number of hydrazine groups is 1. The molecule has 2 N–H and O–H groups in total. The Bertz CT molecular complexity index is 320. The van der Waals surface area contributed by atoms with Crippen LogP contribution in [0.5, 0.6) is 0 Å². The summed E-state index contributed by atoms with van der Waals surface area (Å²) in [5.74, 6) is 0. The summed E-state index contributed by atoms with van der Waals surface area (Å²) in [7, 11) is 0.233. The Kier molecular flexibility index (Phi) is 6.07. The Labute approximate surface area is 106 Å². The van der Waals surface area contributed by atoms with Crippen LogP contribution in [0.2, 0.25) is 0 Å². The van der Waals surface area contributed by atoms with Crippen LogP contribution in [0.1, 0.15) is 34.6 Å². The Balaban J connectivity index is 4.80. The smallest absolute Gasteiger partial charge is 0.216 e. The minimum atomic E-state index is -3.19. The predicted octanol–water partition coefficient (Wildman–Crippen LogP) is 0.795. The van der Waals surface area contributed by atoms with Gasteiger partial charge >= 0.3 is 0 Å². The third-order valence-corrected chi connectivity index (χ3v) is 5.04. The van der Waals surface area contributed by atoms with Crippen molar-refractivity contribution in [3.8, 4) is 0 Å². The number of nitrogens with one attached hydrogen (secondary N) is 2. The molecule has 5 nitrogen and oxygen atoms in total. The number of rotatable bonds is 6. The van der Waals surface area contributed by atoms with E-state index in [4.69, 9.17) is 0 Å². The van der Waals surface area contributed by atoms with Gasteiger partial charge in [0.15, 0.2) is 0 Å². The van der Waals surface area contributed by atoms with Crippen molar-refractivity contribution < 1.29 is 8.42 Å². The Morgan fingerprint density at radius 2 is 1.71 bits per heavy atom. The third-order valence-electron chi connectivity index (χ3n) is 2.83. The van der Waals surface area contributed by atoms with Gasteiger partial charge in [-0.1, -0.05) is 20.8 Å². The largest absolute Gasteiger partial charge is 0.261 e. The van der Waals surface area contributed by atoms with Crippen LogP contribution in [0.3, 0.4) is 0 Å². The van der Waals surface area contributed by atoms with E-state index in [0.717, 1.165) is 0 Å². The van der Waals surface area contributed by atoms with E-state index in [-0.39, 0.29) is 16.7 Å². The lowest BCUT2D eigenvalue weighted by Gasteiger charge is -2.34. The van der Waals surface area contributed by atoms with Gasteiger partial charge in [-0.15, -0.1) is 0 Å². The quantitative estimate of drug-likeness (QED) is 0.697. The second-order valence-electron chi connectivity index (χ2n) is 5.69. The molecule has 104 valence electrons. The second kappa shape index (κ2) is 6.13. The topological polar surface area (TPSA) is 61.4 Å². The maximum Gasteiger partial charge on any atom is 0.216 e. The molecule has 0 aliphatic carbocycles. The fourth-order valence-corrected chi connectivity index (χ4v) is 2.51. The molecule has 0 unspecified atom stereocenters. The van der Waals surface area contributed by atoms with Crippen molar-refractivity contribution in [3.05, 3.63) is 0 Å². The van der Waals surface area contributed by atoms with Gasteiger partial charge in [0.05, 0.1) is 5.25 Å². The van der Waals surface area contributed by atoms with Crippen molar-refractivity contribution in [3.63, 3.8) is 0 Å². The van der Waals surface area contributed by atoms with Gasteiger partial charge in [0.1, 0.15) is 0 Å². The highest BCUT2D eigenvalue weighted by molar-refractivity contribution is 7.89. The van der Waals surface area contributed by atoms with Crippen molar-refractivity contribution in [1.82, 2.24) is 15.2 Å². The van der Waals surface area contributed by atoms with Gasteiger partial charge in [0.25, 0.3) is 0 Å². The summed E-state index contributed by atoms with van der Waals surface area (Å²) in [5, 5.41) is -0.386. The SMILES string of the molecule is CNN[C@H](CN(C)S(=O)(=O)C(C)C)C(C)(C)C. The summed E-state index contributed by atoms with van der Waals surface area (Å²) in [6.07, 6.45) is 0. The van der Waals surface area contributed by atoms with Crippen LogP contribution in [0, 0.1) is 5.41 Å². The lowest BCUT2D eigenvalue weighted by molar-refractivity contribution is 0.219. The van der Waals surface area contributed by atoms with Crippen LogP contribution in [-0.4, -0.2) is 44.7 Å². The summed E-state index contributed by atoms with van der Waals surface area (Å²) in [6, 6.07) is 0.0472. The van der Waals surface area contributed by atoms with Crippen LogP contribution in [0.25, 0.3) is 0 Å². The van der Waals surface area contributed by atoms with Gasteiger partial charge in [0.2, 0.25) is 10.0 Å². The van der Waals surface area contributed by atoms with Crippen LogP contribution in [-0.2, 0) is 10.0 Å². The maximum absolute atomic E-state index is 12.0. The molecule has 0 bridgehead atoms. The van der Waals surface area contributed by atoms with Crippen molar-refractivity contribution in [1.29, 1.82) is 0 Å². The van der Waals surface area contributed by atoms with E-state index in [1.165, 1.54) is 4.31 Å². The van der Waals surface area contributed by atoms with Crippen LogP contribution < -0.4 is 10.9 Å². The average molecular weight is 265 g/mol. The van der Waals surface area contributed by atoms with E-state index in [1.807, 2.05) is 0 Å². The Morgan fingerprint density at radius 1 is 1.24 bits per heavy atom. The molecule has 0 radical (unpaired) electrons. The van der Waals surface area contributed by atoms with E-state index >= 15 is 0 Å². The van der Waals surface area contributed by atoms with Gasteiger partial charge in [0, 0.05) is 19.6 Å². The second-order valence-corrected chi connectivity index (χ2v) is 8.28. The summed E-state index contributed by atoms with van der Waals surface area (Å²) in [5.41, 5.74) is 5.97. The highest BCUT2D eigenvalue weighted by Gasteiger charge is 2.30. The molecule has 17 heavy (non-hydrogen) atoms. The first kappa shape index (κ1) is 16.8. The van der Waals surface area contributed by atoms with Gasteiger partial charge in [-0.2, -0.15) is 0 Å². The lowest BCUT2D eigenvalue weighted by atomic mass is 9.87. The van der Waals surface area contributed by atoms with Crippen molar-refractivity contribution in [2.24, 2.45) is 5.41 Å². The zero-order valence-corrected chi connectivity index (χ0v) is 12.9. The molecule has 0 aromatic rings. The van der Waals surface area contributed by atoms with Crippen molar-refractivity contribution >= 4 is 10.0 Å². The molecule has 0 fully saturated rings. The fraction of sp³-hybridized carbons (Fsp3) is 1.00. The van der Waals surface area contributed by atoms with Crippen LogP contribution >= 0.6 is 0 Å². The molecule has 0 aliphatic rings. The van der Waals surface area contributed by atoms with E-state index in [9.17, 15) is 8.42 Å². The molecule has 6 heteroatoms. The Morgan fingerprint density at radius 3 is 2.00 bits per heavy atom. The van der Waals surface area contributed by atoms with Crippen LogP contribution in [0.4, 0.5) is 0 Å². The first-order valence-electron chi connectivity index (χ1n) is 5.91. The number of likely N-dealkylation sites (N-methyl/N-ethyl adjacent to an activating group) is 1. The first-order chi connectivity index (χ1) is 7.53. The van der Waals surface area contributed by atoms with Gasteiger partial charge in [-0.05, 0) is 26.3 Å². The molecule has 0 aromatic heterocycles. The molecule has 0 amide bonds. The highest BCUT2D eigenvalue weighted by atomic mass is 32.2. The Hall–Kier alpha value is -0.170. The number of hydrogen-bond donors (Lipinski definition) is 2. The standard InChI is InChI=1S/C11H27N3O2S/c1-9(2)17(15,16)14(7)8-10(13-12-6)11(3,4)5/h9-10,12-13H,8H2,1-7H3/t10-/m1/s1. The minimum Gasteiger partial charge on any atom is -0.261 e. The summed E-state index contributed by atoms with van der Waals surface area (Å²) in [6.45, 7) is 10.1. The van der Waals surface area contributed by atoms with E-state index < -0.39 is 10.0 Å². The molecule has 1 atom stereocenters. The highest BCUT2D eigenvalue weighted by Crippen LogP contribution is 2.20. The molecule has 0 saturated carbocycles. The summed E-state index contributed by atoms with van der Waals surface area (Å²) in [4.78, 5) is 0. The molecular weight excluding hydrogens is 238 g/mol. The maximum atomic E-state index is 12.0. The summed E-state index contributed by atoms with van der Waals surface area (Å²) < 4.78 is 25.4. The number of hydrogen-bond acceptors (Lipinski definition) is 4. The van der Waals surface area contributed by atoms with Gasteiger partial charge in [-0.25, -0.2) is 12.7 Å². The third kappa shape index (κ3) is 4.91. The number of sulfonamides is 1. The predicted molar refractivity (Wildman–Crippen MR) is 72.1 cm³/mol. The molecule has 0 aliphatic heterocycles. The molecule has 0 heterocycles. The molecular formula is C11H27N3O2S. The van der Waals surface area contributed by atoms with Crippen molar-refractivity contribution in [2.75, 3.05) is 20.6 Å². The van der Waals surface area contributed by atoms with E-state index in [1.54, 1.807) is 27.9 Å². The lowest BCUT2D eigenvalue weighted by Crippen LogP contribution is -2.53. The summed E-state index contributed by atoms with van der Waals surface area (Å²) >= 11 is 0. The minimum absolute atomic E-state index is 0.0240. The average Bonchev–Trinajstić information content (AvgIpc) is 2.15. The van der Waals surface area contributed by atoms with Crippen LogP contribution in [0.15, 0.2) is 0 Å². The zero-order valence-electron chi connectivity index (χ0n) is 12.0. The monoisotopic (exact) mass is 265 g/mol. The van der Waals surface area contributed by atoms with E-state index in [2.05, 4.69) is 31.6 Å². The molecule has 0 rings (SSSR count). The molecule has 0 aromatic carbocycles. The molecule has 0 spiro atoms.